The molecule has 2 aliphatic rings. The Labute approximate surface area is 148 Å². The highest BCUT2D eigenvalue weighted by molar-refractivity contribution is 5.82. The summed E-state index contributed by atoms with van der Waals surface area (Å²) in [7, 11) is 0. The average Bonchev–Trinajstić information content (AvgIpc) is 3.14. The zero-order valence-electron chi connectivity index (χ0n) is 15.1. The van der Waals surface area contributed by atoms with E-state index in [-0.39, 0.29) is 41.4 Å². The van der Waals surface area contributed by atoms with E-state index >= 15 is 0 Å². The Morgan fingerprint density at radius 1 is 1.36 bits per heavy atom. The minimum atomic E-state index is -0.315. The second-order valence-corrected chi connectivity index (χ2v) is 7.84. The number of amides is 2. The van der Waals surface area contributed by atoms with Crippen LogP contribution in [0.4, 0.5) is 4.39 Å². The number of nitrogens with zero attached hydrogens (tertiary/aromatic N) is 1. The van der Waals surface area contributed by atoms with Crippen molar-refractivity contribution >= 4 is 11.8 Å². The molecular formula is C20H27FN2O2. The summed E-state index contributed by atoms with van der Waals surface area (Å²) in [4.78, 5) is 27.1. The molecule has 1 aromatic rings. The van der Waals surface area contributed by atoms with E-state index in [1.54, 1.807) is 12.1 Å². The number of hydrogen-bond donors (Lipinski definition) is 1. The lowest BCUT2D eigenvalue weighted by molar-refractivity contribution is -0.132. The quantitative estimate of drug-likeness (QED) is 0.911. The van der Waals surface area contributed by atoms with E-state index < -0.39 is 0 Å². The maximum Gasteiger partial charge on any atom is 0.227 e. The zero-order valence-corrected chi connectivity index (χ0v) is 15.1. The van der Waals surface area contributed by atoms with Crippen LogP contribution in [-0.2, 0) is 16.0 Å². The van der Waals surface area contributed by atoms with E-state index in [1.165, 1.54) is 12.1 Å². The van der Waals surface area contributed by atoms with Crippen LogP contribution in [0.1, 0.15) is 45.1 Å². The third-order valence-corrected chi connectivity index (χ3v) is 5.64. The first kappa shape index (κ1) is 17.9. The fourth-order valence-electron chi connectivity index (χ4n) is 4.46. The average molecular weight is 346 g/mol. The minimum Gasteiger partial charge on any atom is -0.354 e. The van der Waals surface area contributed by atoms with Crippen molar-refractivity contribution in [3.8, 4) is 0 Å². The lowest BCUT2D eigenvalue weighted by Crippen LogP contribution is -2.43. The number of rotatable bonds is 4. The van der Waals surface area contributed by atoms with Crippen molar-refractivity contribution in [2.24, 2.45) is 11.3 Å². The molecule has 136 valence electrons. The van der Waals surface area contributed by atoms with Crippen LogP contribution in [0.2, 0.25) is 0 Å². The number of halogens is 1. The lowest BCUT2D eigenvalue weighted by Gasteiger charge is -2.31. The Hall–Kier alpha value is -1.91. The molecule has 0 aromatic heterocycles. The summed E-state index contributed by atoms with van der Waals surface area (Å²) in [6, 6.07) is 6.35. The molecule has 1 aliphatic carbocycles. The standard InChI is InChI=1S/C20H27FN2O2/c1-14(2)22-19(25)17-7-4-8-20(17)9-10-23(13-20)18(24)12-15-5-3-6-16(21)11-15/h3,5-6,11,14,17H,4,7-10,12-13H2,1-2H3,(H,22,25)/t17-,20-/m1/s1. The Bertz CT molecular complexity index is 661. The zero-order chi connectivity index (χ0) is 18.0. The first-order valence-electron chi connectivity index (χ1n) is 9.22. The number of likely N-dealkylation sites (tertiary alicyclic amines) is 1. The predicted molar refractivity (Wildman–Crippen MR) is 94.4 cm³/mol. The molecule has 1 heterocycles. The van der Waals surface area contributed by atoms with Gasteiger partial charge in [0.2, 0.25) is 11.8 Å². The fourth-order valence-corrected chi connectivity index (χ4v) is 4.46. The van der Waals surface area contributed by atoms with Gasteiger partial charge < -0.3 is 10.2 Å². The van der Waals surface area contributed by atoms with E-state index in [1.807, 2.05) is 18.7 Å². The maximum atomic E-state index is 13.3. The SMILES string of the molecule is CC(C)NC(=O)[C@H]1CCC[C@]12CCN(C(=O)Cc1cccc(F)c1)C2. The van der Waals surface area contributed by atoms with E-state index in [4.69, 9.17) is 0 Å². The molecule has 2 atom stereocenters. The van der Waals surface area contributed by atoms with Crippen molar-refractivity contribution < 1.29 is 14.0 Å². The van der Waals surface area contributed by atoms with Gasteiger partial charge in [0.05, 0.1) is 6.42 Å². The van der Waals surface area contributed by atoms with Crippen LogP contribution in [0.15, 0.2) is 24.3 Å². The third-order valence-electron chi connectivity index (χ3n) is 5.64. The Morgan fingerprint density at radius 3 is 2.88 bits per heavy atom. The molecule has 4 nitrogen and oxygen atoms in total. The summed E-state index contributed by atoms with van der Waals surface area (Å²) in [5.74, 6) is -0.157. The van der Waals surface area contributed by atoms with Crippen molar-refractivity contribution in [2.45, 2.75) is 52.0 Å². The van der Waals surface area contributed by atoms with Gasteiger partial charge in [-0.25, -0.2) is 4.39 Å². The van der Waals surface area contributed by atoms with Crippen LogP contribution in [0, 0.1) is 17.2 Å². The second kappa shape index (κ2) is 7.14. The molecule has 1 spiro atoms. The lowest BCUT2D eigenvalue weighted by atomic mass is 9.76. The van der Waals surface area contributed by atoms with Crippen LogP contribution < -0.4 is 5.32 Å². The summed E-state index contributed by atoms with van der Waals surface area (Å²) in [6.45, 7) is 5.29. The van der Waals surface area contributed by atoms with E-state index in [0.717, 1.165) is 25.7 Å². The molecule has 0 bridgehead atoms. The number of nitrogens with one attached hydrogen (secondary N) is 1. The van der Waals surface area contributed by atoms with Gasteiger partial charge in [-0.15, -0.1) is 0 Å². The fraction of sp³-hybridized carbons (Fsp3) is 0.600. The molecule has 1 N–H and O–H groups in total. The van der Waals surface area contributed by atoms with Crippen LogP contribution in [0.5, 0.6) is 0 Å². The molecule has 2 amide bonds. The highest BCUT2D eigenvalue weighted by atomic mass is 19.1. The monoisotopic (exact) mass is 346 g/mol. The molecule has 3 rings (SSSR count). The molecule has 0 unspecified atom stereocenters. The van der Waals surface area contributed by atoms with Crippen LogP contribution >= 0.6 is 0 Å². The molecule has 25 heavy (non-hydrogen) atoms. The molecule has 1 aromatic carbocycles. The summed E-state index contributed by atoms with van der Waals surface area (Å²) in [6.07, 6.45) is 4.06. The van der Waals surface area contributed by atoms with Crippen molar-refractivity contribution in [3.05, 3.63) is 35.6 Å². The molecular weight excluding hydrogens is 319 g/mol. The molecule has 5 heteroatoms. The molecule has 2 fully saturated rings. The Kier molecular flexibility index (Phi) is 5.11. The molecule has 1 aliphatic heterocycles. The number of hydrogen-bond acceptors (Lipinski definition) is 2. The van der Waals surface area contributed by atoms with Gasteiger partial charge in [0.25, 0.3) is 0 Å². The smallest absolute Gasteiger partial charge is 0.227 e. The highest BCUT2D eigenvalue weighted by Crippen LogP contribution is 2.49. The van der Waals surface area contributed by atoms with E-state index in [0.29, 0.717) is 18.7 Å². The second-order valence-electron chi connectivity index (χ2n) is 7.84. The predicted octanol–water partition coefficient (Wildman–Crippen LogP) is 2.91. The van der Waals surface area contributed by atoms with Gasteiger partial charge in [-0.05, 0) is 50.8 Å². The largest absolute Gasteiger partial charge is 0.354 e. The van der Waals surface area contributed by atoms with Crippen molar-refractivity contribution in [2.75, 3.05) is 13.1 Å². The number of carbonyl (C=O) groups is 2. The third kappa shape index (κ3) is 3.86. The van der Waals surface area contributed by atoms with E-state index in [9.17, 15) is 14.0 Å². The molecule has 0 radical (unpaired) electrons. The first-order chi connectivity index (χ1) is 11.9. The van der Waals surface area contributed by atoms with Crippen LogP contribution in [0.25, 0.3) is 0 Å². The van der Waals surface area contributed by atoms with Gasteiger partial charge in [0.15, 0.2) is 0 Å². The summed E-state index contributed by atoms with van der Waals surface area (Å²) < 4.78 is 13.3. The van der Waals surface area contributed by atoms with Crippen LogP contribution in [0.3, 0.4) is 0 Å². The van der Waals surface area contributed by atoms with Crippen molar-refractivity contribution in [1.29, 1.82) is 0 Å². The highest BCUT2D eigenvalue weighted by Gasteiger charge is 2.51. The van der Waals surface area contributed by atoms with Crippen molar-refractivity contribution in [1.82, 2.24) is 10.2 Å². The van der Waals surface area contributed by atoms with E-state index in [2.05, 4.69) is 5.32 Å². The number of carbonyl (C=O) groups excluding carboxylic acids is 2. The Morgan fingerprint density at radius 2 is 2.16 bits per heavy atom. The van der Waals surface area contributed by atoms with Gasteiger partial charge in [0.1, 0.15) is 5.82 Å². The normalized spacial score (nSPS) is 25.8. The van der Waals surface area contributed by atoms with Gasteiger partial charge in [-0.1, -0.05) is 18.6 Å². The van der Waals surface area contributed by atoms with Gasteiger partial charge in [0, 0.05) is 30.5 Å². The minimum absolute atomic E-state index is 0.00173. The summed E-state index contributed by atoms with van der Waals surface area (Å²) >= 11 is 0. The van der Waals surface area contributed by atoms with Crippen LogP contribution in [-0.4, -0.2) is 35.8 Å². The van der Waals surface area contributed by atoms with Gasteiger partial charge in [-0.3, -0.25) is 9.59 Å². The number of benzene rings is 1. The van der Waals surface area contributed by atoms with Gasteiger partial charge in [-0.2, -0.15) is 0 Å². The first-order valence-corrected chi connectivity index (χ1v) is 9.22. The van der Waals surface area contributed by atoms with Crippen molar-refractivity contribution in [3.63, 3.8) is 0 Å². The molecule has 1 saturated heterocycles. The summed E-state index contributed by atoms with van der Waals surface area (Å²) in [5, 5.41) is 3.04. The van der Waals surface area contributed by atoms with Gasteiger partial charge >= 0.3 is 0 Å². The summed E-state index contributed by atoms with van der Waals surface area (Å²) in [5.41, 5.74) is 0.628. The molecule has 1 saturated carbocycles. The maximum absolute atomic E-state index is 13.3. The Balaban J connectivity index is 1.65. The topological polar surface area (TPSA) is 49.4 Å².